The summed E-state index contributed by atoms with van der Waals surface area (Å²) in [5.41, 5.74) is 0. The number of unbranched alkanes of at least 4 members (excludes halogenated alkanes) is 12. The molecule has 0 saturated carbocycles. The van der Waals surface area contributed by atoms with Crippen LogP contribution >= 0.6 is 0 Å². The lowest BCUT2D eigenvalue weighted by Crippen LogP contribution is -2.66. The van der Waals surface area contributed by atoms with Crippen molar-refractivity contribution in [2.75, 3.05) is 26.4 Å². The van der Waals surface area contributed by atoms with Crippen molar-refractivity contribution >= 4 is 5.91 Å². The van der Waals surface area contributed by atoms with Gasteiger partial charge in [0.15, 0.2) is 18.9 Å². The van der Waals surface area contributed by atoms with E-state index in [1.165, 1.54) is 64.7 Å². The highest BCUT2D eigenvalue weighted by Gasteiger charge is 2.53. The van der Waals surface area contributed by atoms with Gasteiger partial charge in [0.05, 0.1) is 38.6 Å². The zero-order valence-electron chi connectivity index (χ0n) is 33.3. The monoisotopic (exact) mass is 829 g/mol. The molecule has 17 atom stereocenters. The molecule has 0 radical (unpaired) electrons. The average molecular weight is 830 g/mol. The maximum absolute atomic E-state index is 12.0. The second-order valence-corrected chi connectivity index (χ2v) is 15.6. The summed E-state index contributed by atoms with van der Waals surface area (Å²) in [4.78, 5) is 12.0. The number of amides is 1. The van der Waals surface area contributed by atoms with Crippen LogP contribution in [0.5, 0.6) is 0 Å². The third-order valence-corrected chi connectivity index (χ3v) is 11.0. The van der Waals surface area contributed by atoms with Crippen molar-refractivity contribution in [3.63, 3.8) is 0 Å². The Morgan fingerprint density at radius 1 is 0.561 bits per heavy atom. The molecule has 3 heterocycles. The Kier molecular flexibility index (Phi) is 23.0. The molecule has 12 N–H and O–H groups in total. The summed E-state index contributed by atoms with van der Waals surface area (Å²) in [7, 11) is 0. The molecule has 0 aromatic heterocycles. The molecular formula is C38H71NO18. The molecule has 0 aliphatic carbocycles. The summed E-state index contributed by atoms with van der Waals surface area (Å²) in [6, 6.07) is -0.879. The number of hydrogen-bond donors (Lipinski definition) is 12. The topological polar surface area (TPSA) is 307 Å². The van der Waals surface area contributed by atoms with Crippen LogP contribution < -0.4 is 5.32 Å². The van der Waals surface area contributed by atoms with Gasteiger partial charge in [-0.1, -0.05) is 90.4 Å². The second kappa shape index (κ2) is 26.2. The molecular weight excluding hydrogens is 758 g/mol. The quantitative estimate of drug-likeness (QED) is 0.0412. The first-order valence-electron chi connectivity index (χ1n) is 20.7. The highest BCUT2D eigenvalue weighted by molar-refractivity contribution is 5.73. The Morgan fingerprint density at radius 2 is 0.965 bits per heavy atom. The number of rotatable bonds is 26. The summed E-state index contributed by atoms with van der Waals surface area (Å²) >= 11 is 0. The summed E-state index contributed by atoms with van der Waals surface area (Å²) < 4.78 is 33.6. The van der Waals surface area contributed by atoms with Gasteiger partial charge in [0.25, 0.3) is 0 Å². The molecule has 3 saturated heterocycles. The van der Waals surface area contributed by atoms with Crippen LogP contribution in [0, 0.1) is 0 Å². The minimum absolute atomic E-state index is 0.317. The van der Waals surface area contributed by atoms with Gasteiger partial charge in [-0.15, -0.1) is 0 Å². The number of aliphatic hydroxyl groups excluding tert-OH is 11. The normalized spacial score (nSPS) is 37.2. The van der Waals surface area contributed by atoms with E-state index in [-0.39, 0.29) is 6.61 Å². The lowest BCUT2D eigenvalue weighted by Gasteiger charge is -2.48. The van der Waals surface area contributed by atoms with Gasteiger partial charge in [0, 0.05) is 6.92 Å². The van der Waals surface area contributed by atoms with Gasteiger partial charge >= 0.3 is 0 Å². The molecule has 3 fully saturated rings. The van der Waals surface area contributed by atoms with Crippen molar-refractivity contribution < 1.29 is 89.4 Å². The van der Waals surface area contributed by atoms with E-state index in [1.54, 1.807) is 0 Å². The van der Waals surface area contributed by atoms with Gasteiger partial charge in [-0.3, -0.25) is 4.79 Å². The summed E-state index contributed by atoms with van der Waals surface area (Å²) in [5, 5.41) is 118. The number of aliphatic hydroxyl groups is 11. The Hall–Kier alpha value is -1.21. The van der Waals surface area contributed by atoms with E-state index in [0.717, 1.165) is 25.7 Å². The van der Waals surface area contributed by atoms with Crippen molar-refractivity contribution in [2.24, 2.45) is 0 Å². The van der Waals surface area contributed by atoms with Crippen molar-refractivity contribution in [2.45, 2.75) is 208 Å². The fourth-order valence-corrected chi connectivity index (χ4v) is 7.46. The zero-order chi connectivity index (χ0) is 42.1. The molecule has 3 aliphatic heterocycles. The number of nitrogens with one attached hydrogen (secondary N) is 1. The highest BCUT2D eigenvalue weighted by atomic mass is 16.8. The smallest absolute Gasteiger partial charge is 0.217 e. The van der Waals surface area contributed by atoms with Crippen LogP contribution in [0.3, 0.4) is 0 Å². The van der Waals surface area contributed by atoms with Crippen LogP contribution in [0.1, 0.15) is 104 Å². The largest absolute Gasteiger partial charge is 0.394 e. The van der Waals surface area contributed by atoms with E-state index >= 15 is 0 Å². The third-order valence-electron chi connectivity index (χ3n) is 11.0. The Bertz CT molecular complexity index is 1090. The van der Waals surface area contributed by atoms with E-state index in [9.17, 15) is 61.0 Å². The first kappa shape index (κ1) is 50.1. The van der Waals surface area contributed by atoms with Crippen LogP contribution in [-0.4, -0.2) is 193 Å². The van der Waals surface area contributed by atoms with Crippen molar-refractivity contribution in [1.82, 2.24) is 5.32 Å². The first-order chi connectivity index (χ1) is 27.3. The van der Waals surface area contributed by atoms with Crippen molar-refractivity contribution in [3.8, 4) is 0 Å². The van der Waals surface area contributed by atoms with E-state index in [1.807, 2.05) is 0 Å². The Labute approximate surface area is 334 Å². The van der Waals surface area contributed by atoms with E-state index < -0.39 is 130 Å². The van der Waals surface area contributed by atoms with Crippen LogP contribution in [0.4, 0.5) is 0 Å². The average Bonchev–Trinajstić information content (AvgIpc) is 3.19. The number of carbonyl (C=O) groups is 1. The van der Waals surface area contributed by atoms with Crippen molar-refractivity contribution in [1.29, 1.82) is 0 Å². The third kappa shape index (κ3) is 15.0. The molecule has 3 aliphatic rings. The van der Waals surface area contributed by atoms with Gasteiger partial charge in [0.1, 0.15) is 73.2 Å². The maximum atomic E-state index is 12.0. The fourth-order valence-electron chi connectivity index (χ4n) is 7.46. The fraction of sp³-hybridized carbons (Fsp3) is 0.974. The van der Waals surface area contributed by atoms with Crippen LogP contribution in [0.25, 0.3) is 0 Å². The van der Waals surface area contributed by atoms with E-state index in [4.69, 9.17) is 28.4 Å². The minimum Gasteiger partial charge on any atom is -0.394 e. The standard InChI is InChI=1S/C38H71NO18/c1-3-4-5-6-7-8-9-10-11-12-13-14-15-16-23(44)22(39-21(2)43)20-52-36-32(50)29(47)34(25(18-41)54-36)57-38-33(51)30(48)35(26(19-42)55-38)56-37-31(49)28(46)27(45)24(17-40)53-37/h22-38,40-42,44-51H,3-20H2,1-2H3,(H,39,43). The molecule has 19 nitrogen and oxygen atoms in total. The van der Waals surface area contributed by atoms with Crippen LogP contribution in [-0.2, 0) is 33.2 Å². The summed E-state index contributed by atoms with van der Waals surface area (Å²) in [6.45, 7) is 0.788. The van der Waals surface area contributed by atoms with E-state index in [0.29, 0.717) is 6.42 Å². The summed E-state index contributed by atoms with van der Waals surface area (Å²) in [6.07, 6.45) is -10.8. The van der Waals surface area contributed by atoms with Gasteiger partial charge in [-0.05, 0) is 6.42 Å². The highest BCUT2D eigenvalue weighted by Crippen LogP contribution is 2.33. The number of ether oxygens (including phenoxy) is 6. The number of carbonyl (C=O) groups excluding carboxylic acids is 1. The molecule has 57 heavy (non-hydrogen) atoms. The van der Waals surface area contributed by atoms with Gasteiger partial charge < -0.3 is 89.9 Å². The van der Waals surface area contributed by atoms with Gasteiger partial charge in [0.2, 0.25) is 5.91 Å². The molecule has 1 amide bonds. The second-order valence-electron chi connectivity index (χ2n) is 15.6. The van der Waals surface area contributed by atoms with Crippen LogP contribution in [0.2, 0.25) is 0 Å². The maximum Gasteiger partial charge on any atom is 0.217 e. The molecule has 0 spiro atoms. The Morgan fingerprint density at radius 3 is 1.42 bits per heavy atom. The lowest BCUT2D eigenvalue weighted by atomic mass is 9.96. The predicted octanol–water partition coefficient (Wildman–Crippen LogP) is -2.20. The lowest BCUT2D eigenvalue weighted by molar-refractivity contribution is -0.379. The molecule has 17 unspecified atom stereocenters. The zero-order valence-corrected chi connectivity index (χ0v) is 33.3. The first-order valence-corrected chi connectivity index (χ1v) is 20.7. The molecule has 19 heteroatoms. The Balaban J connectivity index is 1.49. The number of hydrogen-bond acceptors (Lipinski definition) is 18. The van der Waals surface area contributed by atoms with Gasteiger partial charge in [-0.25, -0.2) is 0 Å². The van der Waals surface area contributed by atoms with Crippen LogP contribution in [0.15, 0.2) is 0 Å². The van der Waals surface area contributed by atoms with E-state index in [2.05, 4.69) is 12.2 Å². The predicted molar refractivity (Wildman–Crippen MR) is 199 cm³/mol. The molecule has 3 rings (SSSR count). The summed E-state index contributed by atoms with van der Waals surface area (Å²) in [5.74, 6) is -0.421. The molecule has 0 aromatic carbocycles. The SMILES string of the molecule is CCCCCCCCCCCCCCCC(O)C(COC1OC(CO)C(OC2OC(CO)C(OC3OC(CO)C(O)C(O)C3O)C(O)C2O)C(O)C1O)NC(C)=O. The minimum atomic E-state index is -1.96. The molecule has 0 aromatic rings. The molecule has 0 bridgehead atoms. The molecule has 336 valence electrons. The van der Waals surface area contributed by atoms with Crippen molar-refractivity contribution in [3.05, 3.63) is 0 Å². The van der Waals surface area contributed by atoms with Gasteiger partial charge in [-0.2, -0.15) is 0 Å².